The number of esters is 1. The SMILES string of the molecule is COC(=O)C(C)(CCC[C@@H](C)[C@H]1CCC2/C(=C/Br)CCC[C@@]21C)OC. The van der Waals surface area contributed by atoms with Crippen LogP contribution in [0.25, 0.3) is 0 Å². The molecule has 0 amide bonds. The molecular weight excluding hydrogens is 380 g/mol. The third kappa shape index (κ3) is 4.16. The Morgan fingerprint density at radius 2 is 2.16 bits per heavy atom. The summed E-state index contributed by atoms with van der Waals surface area (Å²) in [7, 11) is 3.03. The summed E-state index contributed by atoms with van der Waals surface area (Å²) in [6, 6.07) is 0. The van der Waals surface area contributed by atoms with Crippen LogP contribution in [0.3, 0.4) is 0 Å². The number of carbonyl (C=O) groups excluding carboxylic acids is 1. The molecule has 0 aromatic heterocycles. The maximum atomic E-state index is 11.9. The van der Waals surface area contributed by atoms with E-state index < -0.39 is 5.60 Å². The van der Waals surface area contributed by atoms with Crippen LogP contribution in [0.5, 0.6) is 0 Å². The highest BCUT2D eigenvalue weighted by molar-refractivity contribution is 9.11. The summed E-state index contributed by atoms with van der Waals surface area (Å²) in [4.78, 5) is 14.1. The summed E-state index contributed by atoms with van der Waals surface area (Å²) in [5, 5.41) is 0. The van der Waals surface area contributed by atoms with Crippen LogP contribution in [-0.4, -0.2) is 25.8 Å². The molecule has 0 aliphatic heterocycles. The van der Waals surface area contributed by atoms with Crippen LogP contribution >= 0.6 is 15.9 Å². The van der Waals surface area contributed by atoms with Gasteiger partial charge in [0.05, 0.1) is 7.11 Å². The first-order valence-corrected chi connectivity index (χ1v) is 10.7. The fourth-order valence-electron chi connectivity index (χ4n) is 5.61. The van der Waals surface area contributed by atoms with Gasteiger partial charge in [0.25, 0.3) is 0 Å². The topological polar surface area (TPSA) is 35.5 Å². The third-order valence-corrected chi connectivity index (χ3v) is 7.83. The fraction of sp³-hybridized carbons (Fsp3) is 0.857. The lowest BCUT2D eigenvalue weighted by Gasteiger charge is -2.44. The van der Waals surface area contributed by atoms with Gasteiger partial charge in [-0.3, -0.25) is 0 Å². The number of halogens is 1. The summed E-state index contributed by atoms with van der Waals surface area (Å²) in [5.41, 5.74) is 1.26. The van der Waals surface area contributed by atoms with Gasteiger partial charge in [-0.05, 0) is 80.0 Å². The molecule has 144 valence electrons. The Labute approximate surface area is 162 Å². The van der Waals surface area contributed by atoms with Gasteiger partial charge in [-0.2, -0.15) is 0 Å². The molecule has 0 aromatic rings. The van der Waals surface area contributed by atoms with Crippen LogP contribution in [0.4, 0.5) is 0 Å². The van der Waals surface area contributed by atoms with Crippen molar-refractivity contribution < 1.29 is 14.3 Å². The predicted octanol–water partition coefficient (Wildman–Crippen LogP) is 5.87. The van der Waals surface area contributed by atoms with Crippen molar-refractivity contribution in [3.05, 3.63) is 10.6 Å². The van der Waals surface area contributed by atoms with E-state index in [1.54, 1.807) is 12.7 Å². The van der Waals surface area contributed by atoms with E-state index in [2.05, 4.69) is 34.8 Å². The molecule has 2 rings (SSSR count). The summed E-state index contributed by atoms with van der Waals surface area (Å²) in [6.45, 7) is 6.77. The van der Waals surface area contributed by atoms with Crippen molar-refractivity contribution in [2.45, 2.75) is 77.7 Å². The molecule has 0 bridgehead atoms. The van der Waals surface area contributed by atoms with Crippen LogP contribution in [0.2, 0.25) is 0 Å². The lowest BCUT2D eigenvalue weighted by atomic mass is 9.61. The second-order valence-corrected chi connectivity index (χ2v) is 9.03. The van der Waals surface area contributed by atoms with E-state index in [1.807, 2.05) is 6.92 Å². The summed E-state index contributed by atoms with van der Waals surface area (Å²) >= 11 is 3.60. The van der Waals surface area contributed by atoms with Crippen LogP contribution in [0.1, 0.15) is 72.1 Å². The Kier molecular flexibility index (Phi) is 7.17. The van der Waals surface area contributed by atoms with E-state index in [0.29, 0.717) is 11.3 Å². The Morgan fingerprint density at radius 1 is 1.44 bits per heavy atom. The molecule has 2 saturated carbocycles. The molecule has 3 nitrogen and oxygen atoms in total. The van der Waals surface area contributed by atoms with Crippen molar-refractivity contribution in [3.8, 4) is 0 Å². The first-order valence-electron chi connectivity index (χ1n) is 9.75. The minimum atomic E-state index is -0.812. The number of hydrogen-bond donors (Lipinski definition) is 0. The average Bonchev–Trinajstić information content (AvgIpc) is 2.97. The lowest BCUT2D eigenvalue weighted by Crippen LogP contribution is -2.39. The number of methoxy groups -OCH3 is 2. The van der Waals surface area contributed by atoms with E-state index in [0.717, 1.165) is 31.1 Å². The molecule has 4 heteroatoms. The molecule has 5 atom stereocenters. The van der Waals surface area contributed by atoms with E-state index in [4.69, 9.17) is 9.47 Å². The lowest BCUT2D eigenvalue weighted by molar-refractivity contribution is -0.164. The minimum absolute atomic E-state index is 0.269. The largest absolute Gasteiger partial charge is 0.467 e. The second-order valence-electron chi connectivity index (χ2n) is 8.58. The number of allylic oxidation sites excluding steroid dienone is 1. The van der Waals surface area contributed by atoms with Gasteiger partial charge in [0.15, 0.2) is 5.60 Å². The van der Waals surface area contributed by atoms with Gasteiger partial charge < -0.3 is 9.47 Å². The van der Waals surface area contributed by atoms with Gasteiger partial charge >= 0.3 is 5.97 Å². The smallest absolute Gasteiger partial charge is 0.337 e. The van der Waals surface area contributed by atoms with Crippen LogP contribution < -0.4 is 0 Å². The molecule has 2 fully saturated rings. The van der Waals surface area contributed by atoms with E-state index in [-0.39, 0.29) is 5.97 Å². The number of carbonyl (C=O) groups is 1. The molecule has 2 aliphatic carbocycles. The predicted molar refractivity (Wildman–Crippen MR) is 106 cm³/mol. The zero-order valence-electron chi connectivity index (χ0n) is 16.6. The first kappa shape index (κ1) is 21.0. The molecule has 25 heavy (non-hydrogen) atoms. The highest BCUT2D eigenvalue weighted by Gasteiger charge is 2.50. The summed E-state index contributed by atoms with van der Waals surface area (Å²) in [6.07, 6.45) is 9.48. The number of ether oxygens (including phenoxy) is 2. The normalized spacial score (nSPS) is 34.4. The average molecular weight is 415 g/mol. The quantitative estimate of drug-likeness (QED) is 0.488. The van der Waals surface area contributed by atoms with Crippen LogP contribution in [0.15, 0.2) is 10.6 Å². The molecule has 0 saturated heterocycles. The molecule has 0 spiro atoms. The van der Waals surface area contributed by atoms with Crippen LogP contribution in [0, 0.1) is 23.2 Å². The highest BCUT2D eigenvalue weighted by atomic mass is 79.9. The zero-order chi connectivity index (χ0) is 18.7. The number of fused-ring (bicyclic) bond motifs is 1. The minimum Gasteiger partial charge on any atom is -0.467 e. The van der Waals surface area contributed by atoms with Gasteiger partial charge in [0.1, 0.15) is 0 Å². The Balaban J connectivity index is 1.95. The summed E-state index contributed by atoms with van der Waals surface area (Å²) < 4.78 is 10.3. The Hall–Kier alpha value is -0.350. The van der Waals surface area contributed by atoms with Crippen molar-refractivity contribution in [2.75, 3.05) is 14.2 Å². The molecule has 0 N–H and O–H groups in total. The number of hydrogen-bond acceptors (Lipinski definition) is 3. The van der Waals surface area contributed by atoms with Crippen molar-refractivity contribution in [1.29, 1.82) is 0 Å². The van der Waals surface area contributed by atoms with Gasteiger partial charge in [0.2, 0.25) is 0 Å². The van der Waals surface area contributed by atoms with E-state index >= 15 is 0 Å². The molecular formula is C21H35BrO3. The standard InChI is InChI=1S/C21H35BrO3/c1-15(8-6-13-21(3,25-5)19(23)24-4)17-10-11-18-16(14-22)9-7-12-20(17,18)2/h14-15,17-18H,6-13H2,1-5H3/b16-14+/t15-,17-,18?,20-,21?/m1/s1. The van der Waals surface area contributed by atoms with Crippen molar-refractivity contribution >= 4 is 21.9 Å². The molecule has 0 heterocycles. The maximum Gasteiger partial charge on any atom is 0.337 e. The summed E-state index contributed by atoms with van der Waals surface area (Å²) in [5.74, 6) is 1.96. The van der Waals surface area contributed by atoms with Gasteiger partial charge in [-0.25, -0.2) is 4.79 Å². The van der Waals surface area contributed by atoms with Crippen LogP contribution in [-0.2, 0) is 14.3 Å². The van der Waals surface area contributed by atoms with E-state index in [9.17, 15) is 4.79 Å². The van der Waals surface area contributed by atoms with Crippen molar-refractivity contribution in [2.24, 2.45) is 23.2 Å². The fourth-order valence-corrected chi connectivity index (χ4v) is 6.16. The third-order valence-electron chi connectivity index (χ3n) is 7.25. The molecule has 2 aliphatic rings. The molecule has 0 aromatic carbocycles. The van der Waals surface area contributed by atoms with E-state index in [1.165, 1.54) is 39.2 Å². The zero-order valence-corrected chi connectivity index (χ0v) is 18.2. The second kappa shape index (κ2) is 8.56. The van der Waals surface area contributed by atoms with Gasteiger partial charge in [0, 0.05) is 7.11 Å². The van der Waals surface area contributed by atoms with Gasteiger partial charge in [-0.15, -0.1) is 0 Å². The number of rotatable bonds is 7. The monoisotopic (exact) mass is 414 g/mol. The maximum absolute atomic E-state index is 11.9. The first-order chi connectivity index (χ1) is 11.8. The van der Waals surface area contributed by atoms with Crippen molar-refractivity contribution in [3.63, 3.8) is 0 Å². The molecule has 2 unspecified atom stereocenters. The Bertz CT molecular complexity index is 503. The highest BCUT2D eigenvalue weighted by Crippen LogP contribution is 2.60. The molecule has 0 radical (unpaired) electrons. The Morgan fingerprint density at radius 3 is 2.76 bits per heavy atom. The van der Waals surface area contributed by atoms with Crippen molar-refractivity contribution in [1.82, 2.24) is 0 Å². The van der Waals surface area contributed by atoms with Gasteiger partial charge in [-0.1, -0.05) is 41.8 Å².